The highest BCUT2D eigenvalue weighted by molar-refractivity contribution is 5.20. The van der Waals surface area contributed by atoms with Crippen LogP contribution in [0, 0.1) is 5.92 Å². The lowest BCUT2D eigenvalue weighted by atomic mass is 9.81. The number of piperidine rings is 1. The molecule has 1 aromatic carbocycles. The molecule has 0 unspecified atom stereocenters. The first-order valence-electron chi connectivity index (χ1n) is 8.92. The SMILES string of the molecule is c1ccc(C2CCC(N3C[C@@H]4CCCN[C@@H]4C3)CC2)cc1. The van der Waals surface area contributed by atoms with Gasteiger partial charge in [-0.2, -0.15) is 0 Å². The van der Waals surface area contributed by atoms with E-state index in [1.165, 1.54) is 58.2 Å². The Morgan fingerprint density at radius 1 is 0.905 bits per heavy atom. The van der Waals surface area contributed by atoms with E-state index in [0.717, 1.165) is 23.9 Å². The average molecular weight is 284 g/mol. The fourth-order valence-electron chi connectivity index (χ4n) is 4.88. The Bertz CT molecular complexity index is 436. The zero-order valence-electron chi connectivity index (χ0n) is 13.0. The highest BCUT2D eigenvalue weighted by Crippen LogP contribution is 2.37. The summed E-state index contributed by atoms with van der Waals surface area (Å²) in [5, 5.41) is 3.74. The Balaban J connectivity index is 1.33. The maximum Gasteiger partial charge on any atom is 0.0235 e. The molecule has 2 saturated heterocycles. The predicted molar refractivity (Wildman–Crippen MR) is 87.5 cm³/mol. The summed E-state index contributed by atoms with van der Waals surface area (Å²) >= 11 is 0. The zero-order chi connectivity index (χ0) is 14.1. The third-order valence-corrected chi connectivity index (χ3v) is 6.11. The number of benzene rings is 1. The molecule has 1 saturated carbocycles. The van der Waals surface area contributed by atoms with E-state index < -0.39 is 0 Å². The van der Waals surface area contributed by atoms with Gasteiger partial charge in [0.1, 0.15) is 0 Å². The Labute approximate surface area is 128 Å². The van der Waals surface area contributed by atoms with Gasteiger partial charge in [-0.05, 0) is 62.5 Å². The van der Waals surface area contributed by atoms with E-state index >= 15 is 0 Å². The number of nitrogens with one attached hydrogen (secondary N) is 1. The molecule has 4 rings (SSSR count). The fraction of sp³-hybridized carbons (Fsp3) is 0.684. The lowest BCUT2D eigenvalue weighted by Crippen LogP contribution is -2.41. The van der Waals surface area contributed by atoms with Gasteiger partial charge in [0, 0.05) is 25.2 Å². The summed E-state index contributed by atoms with van der Waals surface area (Å²) in [6.07, 6.45) is 8.41. The van der Waals surface area contributed by atoms with Gasteiger partial charge in [0.25, 0.3) is 0 Å². The molecule has 0 amide bonds. The monoisotopic (exact) mass is 284 g/mol. The van der Waals surface area contributed by atoms with Crippen LogP contribution in [0.3, 0.4) is 0 Å². The molecular formula is C19H28N2. The van der Waals surface area contributed by atoms with Gasteiger partial charge in [-0.3, -0.25) is 4.90 Å². The van der Waals surface area contributed by atoms with E-state index in [9.17, 15) is 0 Å². The van der Waals surface area contributed by atoms with Gasteiger partial charge in [-0.25, -0.2) is 0 Å². The van der Waals surface area contributed by atoms with E-state index in [1.807, 2.05) is 0 Å². The second-order valence-corrected chi connectivity index (χ2v) is 7.33. The van der Waals surface area contributed by atoms with Crippen LogP contribution in [0.25, 0.3) is 0 Å². The first-order chi connectivity index (χ1) is 10.4. The van der Waals surface area contributed by atoms with Crippen LogP contribution in [0.15, 0.2) is 30.3 Å². The third-order valence-electron chi connectivity index (χ3n) is 6.11. The summed E-state index contributed by atoms with van der Waals surface area (Å²) in [5.74, 6) is 1.75. The second-order valence-electron chi connectivity index (χ2n) is 7.33. The molecule has 1 N–H and O–H groups in total. The van der Waals surface area contributed by atoms with E-state index in [0.29, 0.717) is 0 Å². The average Bonchev–Trinajstić information content (AvgIpc) is 3.00. The van der Waals surface area contributed by atoms with Crippen molar-refractivity contribution in [3.63, 3.8) is 0 Å². The number of likely N-dealkylation sites (tertiary alicyclic amines) is 1. The van der Waals surface area contributed by atoms with Crippen molar-refractivity contribution < 1.29 is 0 Å². The summed E-state index contributed by atoms with van der Waals surface area (Å²) < 4.78 is 0. The van der Waals surface area contributed by atoms with Crippen LogP contribution in [0.2, 0.25) is 0 Å². The Hall–Kier alpha value is -0.860. The molecule has 1 aliphatic carbocycles. The topological polar surface area (TPSA) is 15.3 Å². The van der Waals surface area contributed by atoms with Crippen LogP contribution >= 0.6 is 0 Å². The summed E-state index contributed by atoms with van der Waals surface area (Å²) in [4.78, 5) is 2.81. The summed E-state index contributed by atoms with van der Waals surface area (Å²) in [5.41, 5.74) is 1.56. The van der Waals surface area contributed by atoms with Crippen LogP contribution < -0.4 is 5.32 Å². The fourth-order valence-corrected chi connectivity index (χ4v) is 4.88. The molecule has 0 bridgehead atoms. The summed E-state index contributed by atoms with van der Waals surface area (Å²) in [6.45, 7) is 3.92. The lowest BCUT2D eigenvalue weighted by molar-refractivity contribution is 0.175. The molecule has 0 radical (unpaired) electrons. The minimum absolute atomic E-state index is 0.797. The summed E-state index contributed by atoms with van der Waals surface area (Å²) in [7, 11) is 0. The number of hydrogen-bond donors (Lipinski definition) is 1. The van der Waals surface area contributed by atoms with Crippen LogP contribution in [0.5, 0.6) is 0 Å². The van der Waals surface area contributed by atoms with Crippen LogP contribution in [0.1, 0.15) is 50.0 Å². The number of fused-ring (bicyclic) bond motifs is 1. The van der Waals surface area contributed by atoms with Gasteiger partial charge < -0.3 is 5.32 Å². The molecule has 114 valence electrons. The second kappa shape index (κ2) is 6.10. The van der Waals surface area contributed by atoms with Crippen molar-refractivity contribution in [3.05, 3.63) is 35.9 Å². The number of nitrogens with zero attached hydrogens (tertiary/aromatic N) is 1. The smallest absolute Gasteiger partial charge is 0.0235 e. The van der Waals surface area contributed by atoms with Crippen molar-refractivity contribution in [3.8, 4) is 0 Å². The van der Waals surface area contributed by atoms with Gasteiger partial charge in [-0.1, -0.05) is 30.3 Å². The van der Waals surface area contributed by atoms with E-state index in [1.54, 1.807) is 5.56 Å². The largest absolute Gasteiger partial charge is 0.312 e. The van der Waals surface area contributed by atoms with Gasteiger partial charge in [0.2, 0.25) is 0 Å². The van der Waals surface area contributed by atoms with Crippen molar-refractivity contribution in [2.75, 3.05) is 19.6 Å². The van der Waals surface area contributed by atoms with Crippen molar-refractivity contribution in [2.24, 2.45) is 5.92 Å². The molecule has 2 aliphatic heterocycles. The molecule has 1 aromatic rings. The summed E-state index contributed by atoms with van der Waals surface area (Å²) in [6, 6.07) is 12.8. The Morgan fingerprint density at radius 3 is 2.48 bits per heavy atom. The van der Waals surface area contributed by atoms with E-state index in [2.05, 4.69) is 40.5 Å². The van der Waals surface area contributed by atoms with Crippen molar-refractivity contribution in [1.29, 1.82) is 0 Å². The number of rotatable bonds is 2. The van der Waals surface area contributed by atoms with Gasteiger partial charge in [0.05, 0.1) is 0 Å². The Morgan fingerprint density at radius 2 is 1.71 bits per heavy atom. The predicted octanol–water partition coefficient (Wildman–Crippen LogP) is 3.40. The molecule has 3 fully saturated rings. The van der Waals surface area contributed by atoms with Crippen LogP contribution in [-0.4, -0.2) is 36.6 Å². The minimum Gasteiger partial charge on any atom is -0.312 e. The maximum atomic E-state index is 3.74. The molecular weight excluding hydrogens is 256 g/mol. The minimum atomic E-state index is 0.797. The first kappa shape index (κ1) is 13.8. The van der Waals surface area contributed by atoms with Crippen LogP contribution in [0.4, 0.5) is 0 Å². The van der Waals surface area contributed by atoms with E-state index in [4.69, 9.17) is 0 Å². The molecule has 0 aromatic heterocycles. The van der Waals surface area contributed by atoms with Crippen molar-refractivity contribution in [2.45, 2.75) is 56.5 Å². The molecule has 21 heavy (non-hydrogen) atoms. The van der Waals surface area contributed by atoms with Gasteiger partial charge in [-0.15, -0.1) is 0 Å². The quantitative estimate of drug-likeness (QED) is 0.895. The Kier molecular flexibility index (Phi) is 4.00. The molecule has 2 nitrogen and oxygen atoms in total. The highest BCUT2D eigenvalue weighted by atomic mass is 15.2. The maximum absolute atomic E-state index is 3.74. The van der Waals surface area contributed by atoms with Crippen molar-refractivity contribution >= 4 is 0 Å². The molecule has 2 heterocycles. The van der Waals surface area contributed by atoms with E-state index in [-0.39, 0.29) is 0 Å². The zero-order valence-corrected chi connectivity index (χ0v) is 13.0. The highest BCUT2D eigenvalue weighted by Gasteiger charge is 2.38. The molecule has 3 aliphatic rings. The van der Waals surface area contributed by atoms with Crippen LogP contribution in [-0.2, 0) is 0 Å². The van der Waals surface area contributed by atoms with Gasteiger partial charge >= 0.3 is 0 Å². The molecule has 2 heteroatoms. The standard InChI is InChI=1S/C19H28N2/c1-2-5-15(6-3-1)16-8-10-18(11-9-16)21-13-17-7-4-12-20-19(17)14-21/h1-3,5-6,16-20H,4,7-14H2/t16?,17-,18?,19+/m0/s1. The normalized spacial score (nSPS) is 37.3. The third kappa shape index (κ3) is 2.89. The number of hydrogen-bond acceptors (Lipinski definition) is 2. The van der Waals surface area contributed by atoms with Gasteiger partial charge in [0.15, 0.2) is 0 Å². The molecule has 2 atom stereocenters. The lowest BCUT2D eigenvalue weighted by Gasteiger charge is -2.35. The first-order valence-corrected chi connectivity index (χ1v) is 8.92. The molecule has 0 spiro atoms. The van der Waals surface area contributed by atoms with Crippen molar-refractivity contribution in [1.82, 2.24) is 10.2 Å².